The van der Waals surface area contributed by atoms with Crippen LogP contribution in [0.25, 0.3) is 22.3 Å². The second-order valence-corrected chi connectivity index (χ2v) is 7.67. The third-order valence-electron chi connectivity index (χ3n) is 3.92. The van der Waals surface area contributed by atoms with E-state index < -0.39 is 11.4 Å². The third-order valence-corrected chi connectivity index (χ3v) is 4.17. The number of rotatable bonds is 2. The van der Waals surface area contributed by atoms with Gasteiger partial charge in [0.1, 0.15) is 5.58 Å². The van der Waals surface area contributed by atoms with E-state index in [2.05, 4.69) is 0 Å². The highest BCUT2D eigenvalue weighted by Gasteiger charge is 2.28. The highest BCUT2D eigenvalue weighted by molar-refractivity contribution is 6.30. The van der Waals surface area contributed by atoms with E-state index >= 15 is 0 Å². The maximum Gasteiger partial charge on any atom is 0.316 e. The fraction of sp³-hybridized carbons (Fsp3) is 0.238. The van der Waals surface area contributed by atoms with Crippen molar-refractivity contribution in [2.45, 2.75) is 27.7 Å². The van der Waals surface area contributed by atoms with E-state index in [0.29, 0.717) is 21.6 Å². The summed E-state index contributed by atoms with van der Waals surface area (Å²) >= 11 is 5.95. The fourth-order valence-electron chi connectivity index (χ4n) is 2.41. The summed E-state index contributed by atoms with van der Waals surface area (Å²) in [5.74, 6) is -0.405. The number of hydrogen-bond donors (Lipinski definition) is 0. The van der Waals surface area contributed by atoms with Gasteiger partial charge in [-0.3, -0.25) is 9.59 Å². The molecule has 0 fully saturated rings. The normalized spacial score (nSPS) is 11.6. The Labute approximate surface area is 156 Å². The van der Waals surface area contributed by atoms with Crippen molar-refractivity contribution in [2.75, 3.05) is 0 Å². The molecule has 0 unspecified atom stereocenters. The topological polar surface area (TPSA) is 56.5 Å². The summed E-state index contributed by atoms with van der Waals surface area (Å²) in [5, 5.41) is 0.922. The molecular formula is C21H19ClO4. The van der Waals surface area contributed by atoms with Crippen LogP contribution in [0.5, 0.6) is 5.75 Å². The number of carbonyl (C=O) groups excluding carboxylic acids is 1. The van der Waals surface area contributed by atoms with Crippen molar-refractivity contribution in [1.29, 1.82) is 0 Å². The minimum Gasteiger partial charge on any atom is -0.452 e. The van der Waals surface area contributed by atoms with Crippen LogP contribution in [0, 0.1) is 12.3 Å². The summed E-state index contributed by atoms with van der Waals surface area (Å²) in [7, 11) is 0. The van der Waals surface area contributed by atoms with E-state index in [9.17, 15) is 9.59 Å². The van der Waals surface area contributed by atoms with Crippen LogP contribution in [0.2, 0.25) is 5.02 Å². The largest absolute Gasteiger partial charge is 0.452 e. The average molecular weight is 371 g/mol. The van der Waals surface area contributed by atoms with Gasteiger partial charge in [-0.05, 0) is 69.7 Å². The van der Waals surface area contributed by atoms with Crippen LogP contribution in [0.15, 0.2) is 51.7 Å². The van der Waals surface area contributed by atoms with Crippen LogP contribution < -0.4 is 10.2 Å². The molecule has 1 aromatic heterocycles. The van der Waals surface area contributed by atoms with Crippen molar-refractivity contribution in [2.24, 2.45) is 5.41 Å². The monoisotopic (exact) mass is 370 g/mol. The second kappa shape index (κ2) is 6.61. The van der Waals surface area contributed by atoms with Gasteiger partial charge in [0, 0.05) is 10.6 Å². The number of benzene rings is 2. The second-order valence-electron chi connectivity index (χ2n) is 7.24. The lowest BCUT2D eigenvalue weighted by Gasteiger charge is -2.17. The Morgan fingerprint density at radius 1 is 1.08 bits per heavy atom. The molecule has 3 aromatic rings. The van der Waals surface area contributed by atoms with Gasteiger partial charge >= 0.3 is 5.97 Å². The molecule has 0 amide bonds. The SMILES string of the molecule is Cc1ccc2c(=O)c(OC(=O)C(C)(C)C)c(-c3ccc(Cl)cc3)oc2c1. The average Bonchev–Trinajstić information content (AvgIpc) is 2.56. The first-order valence-electron chi connectivity index (χ1n) is 8.22. The van der Waals surface area contributed by atoms with E-state index in [1.54, 1.807) is 57.2 Å². The number of esters is 1. The maximum absolute atomic E-state index is 13.0. The molecule has 4 nitrogen and oxygen atoms in total. The quantitative estimate of drug-likeness (QED) is 0.569. The van der Waals surface area contributed by atoms with Crippen LogP contribution in [0.3, 0.4) is 0 Å². The third kappa shape index (κ3) is 3.51. The molecule has 5 heteroatoms. The number of aryl methyl sites for hydroxylation is 1. The molecule has 0 aliphatic rings. The zero-order valence-corrected chi connectivity index (χ0v) is 15.8. The van der Waals surface area contributed by atoms with Gasteiger partial charge < -0.3 is 9.15 Å². The van der Waals surface area contributed by atoms with Crippen molar-refractivity contribution in [1.82, 2.24) is 0 Å². The number of carbonyl (C=O) groups is 1. The van der Waals surface area contributed by atoms with Crippen molar-refractivity contribution in [3.63, 3.8) is 0 Å². The van der Waals surface area contributed by atoms with Crippen LogP contribution in [0.1, 0.15) is 26.3 Å². The molecule has 0 saturated heterocycles. The van der Waals surface area contributed by atoms with Crippen molar-refractivity contribution in [3.05, 3.63) is 63.3 Å². The highest BCUT2D eigenvalue weighted by atomic mass is 35.5. The summed E-state index contributed by atoms with van der Waals surface area (Å²) in [6, 6.07) is 12.1. The van der Waals surface area contributed by atoms with E-state index in [0.717, 1.165) is 5.56 Å². The van der Waals surface area contributed by atoms with E-state index in [4.69, 9.17) is 20.8 Å². The summed E-state index contributed by atoms with van der Waals surface area (Å²) in [6.07, 6.45) is 0. The van der Waals surface area contributed by atoms with Crippen LogP contribution in [-0.2, 0) is 4.79 Å². The van der Waals surface area contributed by atoms with E-state index in [1.165, 1.54) is 0 Å². The molecule has 0 saturated carbocycles. The Morgan fingerprint density at radius 3 is 2.35 bits per heavy atom. The molecule has 3 rings (SSSR count). The van der Waals surface area contributed by atoms with Gasteiger partial charge in [-0.15, -0.1) is 0 Å². The molecule has 26 heavy (non-hydrogen) atoms. The van der Waals surface area contributed by atoms with Crippen LogP contribution >= 0.6 is 11.6 Å². The molecule has 0 spiro atoms. The summed E-state index contributed by atoms with van der Waals surface area (Å²) in [6.45, 7) is 7.09. The van der Waals surface area contributed by atoms with Crippen molar-refractivity contribution >= 4 is 28.5 Å². The van der Waals surface area contributed by atoms with Crippen LogP contribution in [0.4, 0.5) is 0 Å². The molecule has 0 radical (unpaired) electrons. The van der Waals surface area contributed by atoms with Gasteiger partial charge in [0.15, 0.2) is 5.76 Å². The Morgan fingerprint density at radius 2 is 1.73 bits per heavy atom. The standard InChI is InChI=1S/C21H19ClO4/c1-12-5-10-15-16(11-12)25-18(13-6-8-14(22)9-7-13)19(17(15)23)26-20(24)21(2,3)4/h5-11H,1-4H3. The smallest absolute Gasteiger partial charge is 0.316 e. The summed E-state index contributed by atoms with van der Waals surface area (Å²) in [4.78, 5) is 25.4. The molecule has 2 aromatic carbocycles. The number of hydrogen-bond acceptors (Lipinski definition) is 4. The first-order valence-corrected chi connectivity index (χ1v) is 8.60. The number of fused-ring (bicyclic) bond motifs is 1. The highest BCUT2D eigenvalue weighted by Crippen LogP contribution is 2.33. The predicted molar refractivity (Wildman–Crippen MR) is 103 cm³/mol. The summed E-state index contributed by atoms with van der Waals surface area (Å²) < 4.78 is 11.5. The van der Waals surface area contributed by atoms with Gasteiger partial charge in [0.25, 0.3) is 0 Å². The summed E-state index contributed by atoms with van der Waals surface area (Å²) in [5.41, 5.74) is 0.865. The minimum atomic E-state index is -0.758. The predicted octanol–water partition coefficient (Wildman–Crippen LogP) is 5.37. The van der Waals surface area contributed by atoms with Crippen LogP contribution in [-0.4, -0.2) is 5.97 Å². The Bertz CT molecular complexity index is 1040. The Hall–Kier alpha value is -2.59. The Balaban J connectivity index is 2.28. The minimum absolute atomic E-state index is 0.108. The molecule has 0 N–H and O–H groups in total. The lowest BCUT2D eigenvalue weighted by atomic mass is 9.97. The Kier molecular flexibility index (Phi) is 4.63. The molecule has 0 bridgehead atoms. The zero-order valence-electron chi connectivity index (χ0n) is 15.1. The maximum atomic E-state index is 13.0. The van der Waals surface area contributed by atoms with Gasteiger partial charge in [0.2, 0.25) is 11.2 Å². The van der Waals surface area contributed by atoms with Gasteiger partial charge in [0.05, 0.1) is 10.8 Å². The molecule has 0 aliphatic carbocycles. The van der Waals surface area contributed by atoms with E-state index in [-0.39, 0.29) is 16.9 Å². The van der Waals surface area contributed by atoms with E-state index in [1.807, 2.05) is 13.0 Å². The molecule has 0 aliphatic heterocycles. The van der Waals surface area contributed by atoms with Gasteiger partial charge in [-0.1, -0.05) is 17.7 Å². The molecule has 134 valence electrons. The fourth-order valence-corrected chi connectivity index (χ4v) is 2.54. The van der Waals surface area contributed by atoms with Crippen molar-refractivity contribution < 1.29 is 13.9 Å². The lowest BCUT2D eigenvalue weighted by molar-refractivity contribution is -0.143. The molecule has 1 heterocycles. The molecular weight excluding hydrogens is 352 g/mol. The van der Waals surface area contributed by atoms with Gasteiger partial charge in [-0.25, -0.2) is 0 Å². The first-order chi connectivity index (χ1) is 12.2. The first kappa shape index (κ1) is 18.2. The number of halogens is 1. The number of ether oxygens (including phenoxy) is 1. The van der Waals surface area contributed by atoms with Crippen molar-refractivity contribution in [3.8, 4) is 17.1 Å². The molecule has 0 atom stereocenters. The van der Waals surface area contributed by atoms with Gasteiger partial charge in [-0.2, -0.15) is 0 Å². The lowest BCUT2D eigenvalue weighted by Crippen LogP contribution is -2.28. The zero-order chi connectivity index (χ0) is 19.1.